The minimum atomic E-state index is -2.68. The highest BCUT2D eigenvalue weighted by atomic mass is 32.1. The van der Waals surface area contributed by atoms with E-state index in [-0.39, 0.29) is 31.8 Å². The van der Waals surface area contributed by atoms with Crippen molar-refractivity contribution >= 4 is 28.3 Å². The van der Waals surface area contributed by atoms with Gasteiger partial charge in [-0.05, 0) is 18.2 Å². The molecule has 0 bridgehead atoms. The van der Waals surface area contributed by atoms with E-state index in [1.807, 2.05) is 28.3 Å². The summed E-state index contributed by atoms with van der Waals surface area (Å²) in [7, 11) is 0. The third-order valence-electron chi connectivity index (χ3n) is 5.07. The molecule has 0 spiro atoms. The van der Waals surface area contributed by atoms with Gasteiger partial charge in [0, 0.05) is 54.7 Å². The van der Waals surface area contributed by atoms with Crippen LogP contribution in [0, 0.1) is 0 Å². The fraction of sp³-hybridized carbons (Fsp3) is 0.263. The second-order valence-corrected chi connectivity index (χ2v) is 7.87. The summed E-state index contributed by atoms with van der Waals surface area (Å²) in [6.07, 6.45) is 4.27. The van der Waals surface area contributed by atoms with Gasteiger partial charge in [-0.1, -0.05) is 0 Å². The summed E-state index contributed by atoms with van der Waals surface area (Å²) in [6, 6.07) is 5.63. The van der Waals surface area contributed by atoms with Gasteiger partial charge in [-0.2, -0.15) is 5.10 Å². The minimum Gasteiger partial charge on any atom is -0.338 e. The number of nitrogens with zero attached hydrogens (tertiary/aromatic N) is 5. The van der Waals surface area contributed by atoms with Crippen molar-refractivity contribution in [1.82, 2.24) is 29.6 Å². The number of likely N-dealkylation sites (tertiary alicyclic amines) is 1. The largest absolute Gasteiger partial charge is 0.338 e. The van der Waals surface area contributed by atoms with Crippen LogP contribution in [0.15, 0.2) is 42.3 Å². The molecular formula is C19H16F2N6OS. The lowest BCUT2D eigenvalue weighted by atomic mass is 10.1. The molecule has 1 aliphatic heterocycles. The Bertz CT molecular complexity index is 1170. The van der Waals surface area contributed by atoms with Crippen LogP contribution >= 0.6 is 11.3 Å². The third kappa shape index (κ3) is 3.29. The quantitative estimate of drug-likeness (QED) is 0.554. The molecule has 0 aromatic carbocycles. The van der Waals surface area contributed by atoms with Gasteiger partial charge in [0.15, 0.2) is 5.82 Å². The van der Waals surface area contributed by atoms with Crippen LogP contribution in [0.5, 0.6) is 0 Å². The van der Waals surface area contributed by atoms with E-state index in [0.29, 0.717) is 11.4 Å². The van der Waals surface area contributed by atoms with Gasteiger partial charge < -0.3 is 4.90 Å². The predicted octanol–water partition coefficient (Wildman–Crippen LogP) is 3.74. The summed E-state index contributed by atoms with van der Waals surface area (Å²) in [6.45, 7) is 0.120. The normalized spacial score (nSPS) is 16.4. The third-order valence-corrected chi connectivity index (χ3v) is 5.99. The van der Waals surface area contributed by atoms with Crippen LogP contribution in [0.2, 0.25) is 0 Å². The molecule has 4 aromatic heterocycles. The molecule has 1 N–H and O–H groups in total. The summed E-state index contributed by atoms with van der Waals surface area (Å²) in [5.74, 6) is -2.25. The van der Waals surface area contributed by atoms with Crippen LogP contribution in [-0.4, -0.2) is 54.6 Å². The van der Waals surface area contributed by atoms with E-state index in [1.165, 1.54) is 17.4 Å². The number of alkyl halides is 2. The number of thiophene rings is 1. The molecular weight excluding hydrogens is 398 g/mol. The van der Waals surface area contributed by atoms with Crippen molar-refractivity contribution in [3.05, 3.63) is 47.9 Å². The number of hydrogen-bond donors (Lipinski definition) is 1. The van der Waals surface area contributed by atoms with Gasteiger partial charge in [0.25, 0.3) is 11.8 Å². The average molecular weight is 414 g/mol. The van der Waals surface area contributed by atoms with Crippen molar-refractivity contribution in [2.45, 2.75) is 18.8 Å². The van der Waals surface area contributed by atoms with E-state index in [9.17, 15) is 13.6 Å². The van der Waals surface area contributed by atoms with Crippen molar-refractivity contribution in [2.24, 2.45) is 0 Å². The van der Waals surface area contributed by atoms with Gasteiger partial charge in [0.05, 0.1) is 5.56 Å². The molecule has 0 unspecified atom stereocenters. The summed E-state index contributed by atoms with van der Waals surface area (Å²) in [4.78, 5) is 22.8. The highest BCUT2D eigenvalue weighted by Gasteiger charge is 2.35. The lowest BCUT2D eigenvalue weighted by Crippen LogP contribution is -2.42. The number of rotatable bonds is 3. The Balaban J connectivity index is 1.41. The molecule has 1 aliphatic rings. The Morgan fingerprint density at radius 3 is 2.79 bits per heavy atom. The molecule has 1 fully saturated rings. The number of aromatic amines is 1. The van der Waals surface area contributed by atoms with E-state index in [1.54, 1.807) is 17.4 Å². The predicted molar refractivity (Wildman–Crippen MR) is 104 cm³/mol. The Morgan fingerprint density at radius 1 is 1.21 bits per heavy atom. The zero-order valence-corrected chi connectivity index (χ0v) is 16.0. The van der Waals surface area contributed by atoms with Crippen molar-refractivity contribution in [1.29, 1.82) is 0 Å². The highest BCUT2D eigenvalue weighted by molar-refractivity contribution is 7.13. The van der Waals surface area contributed by atoms with Crippen molar-refractivity contribution in [2.75, 3.05) is 13.1 Å². The average Bonchev–Trinajstić information content (AvgIpc) is 3.46. The molecule has 1 amide bonds. The number of pyridine rings is 1. The Labute approximate surface area is 168 Å². The minimum absolute atomic E-state index is 0.0600. The van der Waals surface area contributed by atoms with E-state index in [4.69, 9.17) is 0 Å². The van der Waals surface area contributed by atoms with Crippen LogP contribution in [0.4, 0.5) is 8.78 Å². The first-order valence-corrected chi connectivity index (χ1v) is 9.97. The first-order chi connectivity index (χ1) is 14.0. The van der Waals surface area contributed by atoms with Crippen LogP contribution in [0.3, 0.4) is 0 Å². The maximum absolute atomic E-state index is 13.3. The molecule has 10 heteroatoms. The molecule has 5 heterocycles. The number of H-pyrrole nitrogens is 1. The van der Waals surface area contributed by atoms with E-state index in [0.717, 1.165) is 21.6 Å². The zero-order chi connectivity index (χ0) is 20.0. The number of carbonyl (C=O) groups excluding carboxylic acids is 1. The Hall–Kier alpha value is -3.14. The van der Waals surface area contributed by atoms with E-state index >= 15 is 0 Å². The number of aromatic nitrogens is 5. The first kappa shape index (κ1) is 17.9. The molecule has 29 heavy (non-hydrogen) atoms. The Morgan fingerprint density at radius 2 is 2.03 bits per heavy atom. The van der Waals surface area contributed by atoms with Crippen molar-refractivity contribution < 1.29 is 13.6 Å². The maximum atomic E-state index is 13.3. The first-order valence-electron chi connectivity index (χ1n) is 9.09. The summed E-state index contributed by atoms with van der Waals surface area (Å²) in [5.41, 5.74) is 2.06. The number of hydrogen-bond acceptors (Lipinski definition) is 5. The molecule has 148 valence electrons. The van der Waals surface area contributed by atoms with Crippen molar-refractivity contribution in [3.63, 3.8) is 0 Å². The molecule has 1 saturated heterocycles. The zero-order valence-electron chi connectivity index (χ0n) is 15.2. The lowest BCUT2D eigenvalue weighted by Gasteiger charge is -2.31. The fourth-order valence-corrected chi connectivity index (χ4v) is 4.34. The lowest BCUT2D eigenvalue weighted by molar-refractivity contribution is -0.0494. The molecule has 0 aliphatic carbocycles. The maximum Gasteiger partial charge on any atom is 0.255 e. The van der Waals surface area contributed by atoms with Crippen LogP contribution < -0.4 is 0 Å². The van der Waals surface area contributed by atoms with E-state index < -0.39 is 5.92 Å². The van der Waals surface area contributed by atoms with Crippen LogP contribution in [-0.2, 0) is 0 Å². The monoisotopic (exact) mass is 414 g/mol. The van der Waals surface area contributed by atoms with Crippen LogP contribution in [0.1, 0.15) is 23.2 Å². The molecule has 0 saturated carbocycles. The van der Waals surface area contributed by atoms with E-state index in [2.05, 4.69) is 20.2 Å². The standard InChI is InChI=1S/C19H16F2N6OS/c20-19(21)2-5-26(6-3-19)18(28)13-7-12-1-4-27(17(12)22-9-13)15-8-14(10-29-15)16-23-11-24-25-16/h1,4,7-11H,2-3,5-6H2,(H,23,24,25). The van der Waals surface area contributed by atoms with Gasteiger partial charge in [0.1, 0.15) is 17.0 Å². The van der Waals surface area contributed by atoms with Gasteiger partial charge >= 0.3 is 0 Å². The number of halogens is 2. The molecule has 4 aromatic rings. The summed E-state index contributed by atoms with van der Waals surface area (Å²) >= 11 is 1.54. The Kier molecular flexibility index (Phi) is 4.16. The smallest absolute Gasteiger partial charge is 0.255 e. The SMILES string of the molecule is O=C(c1cnc2c(ccn2-c2cc(-c3ncn[nH]3)cs2)c1)N1CCC(F)(F)CC1. The fourth-order valence-electron chi connectivity index (χ4n) is 3.46. The van der Waals surface area contributed by atoms with Gasteiger partial charge in [0.2, 0.25) is 0 Å². The topological polar surface area (TPSA) is 79.7 Å². The second-order valence-electron chi connectivity index (χ2n) is 6.98. The molecule has 0 atom stereocenters. The highest BCUT2D eigenvalue weighted by Crippen LogP contribution is 2.30. The van der Waals surface area contributed by atoms with Crippen molar-refractivity contribution in [3.8, 4) is 16.4 Å². The number of amides is 1. The number of carbonyl (C=O) groups is 1. The second kappa shape index (κ2) is 6.73. The van der Waals surface area contributed by atoms with Gasteiger partial charge in [-0.25, -0.2) is 18.7 Å². The van der Waals surface area contributed by atoms with Crippen LogP contribution in [0.25, 0.3) is 27.4 Å². The summed E-state index contributed by atoms with van der Waals surface area (Å²) < 4.78 is 28.6. The van der Waals surface area contributed by atoms with Gasteiger partial charge in [-0.15, -0.1) is 11.3 Å². The number of piperidine rings is 1. The number of nitrogens with one attached hydrogen (secondary N) is 1. The number of fused-ring (bicyclic) bond motifs is 1. The molecule has 7 nitrogen and oxygen atoms in total. The molecule has 5 rings (SSSR count). The molecule has 0 radical (unpaired) electrons. The summed E-state index contributed by atoms with van der Waals surface area (Å²) in [5, 5.41) is 10.4. The van der Waals surface area contributed by atoms with Gasteiger partial charge in [-0.3, -0.25) is 14.5 Å².